The maximum Gasteiger partial charge on any atom is 0.134 e. The van der Waals surface area contributed by atoms with Gasteiger partial charge in [-0.25, -0.2) is 0 Å². The van der Waals surface area contributed by atoms with Crippen molar-refractivity contribution in [2.45, 2.75) is 26.4 Å². The first-order valence-electron chi connectivity index (χ1n) is 5.84. The molecule has 0 aliphatic heterocycles. The third-order valence-corrected chi connectivity index (χ3v) is 3.50. The molecule has 0 amide bonds. The molecule has 4 heteroatoms. The van der Waals surface area contributed by atoms with Gasteiger partial charge in [-0.1, -0.05) is 12.1 Å². The standard InChI is InChI=1S/C14H16BrNO2/c1-9-6-7-13(18-9)10(2)16-8-11-4-3-5-12(15)14(11)17/h3-7,10,16-17H,8H2,1-2H3. The average molecular weight is 310 g/mol. The van der Waals surface area contributed by atoms with Crippen LogP contribution in [0, 0.1) is 6.92 Å². The van der Waals surface area contributed by atoms with Crippen molar-refractivity contribution in [3.8, 4) is 5.75 Å². The number of para-hydroxylation sites is 1. The predicted octanol–water partition coefficient (Wildman–Crippen LogP) is 3.91. The van der Waals surface area contributed by atoms with Crippen LogP contribution < -0.4 is 5.32 Å². The number of hydrogen-bond donors (Lipinski definition) is 2. The van der Waals surface area contributed by atoms with Gasteiger partial charge in [0.15, 0.2) is 0 Å². The fourth-order valence-electron chi connectivity index (χ4n) is 1.75. The van der Waals surface area contributed by atoms with Crippen molar-refractivity contribution >= 4 is 15.9 Å². The van der Waals surface area contributed by atoms with E-state index < -0.39 is 0 Å². The lowest BCUT2D eigenvalue weighted by Crippen LogP contribution is -2.17. The van der Waals surface area contributed by atoms with Gasteiger partial charge in [0.05, 0.1) is 10.5 Å². The lowest BCUT2D eigenvalue weighted by molar-refractivity contribution is 0.410. The van der Waals surface area contributed by atoms with Gasteiger partial charge in [-0.05, 0) is 48.0 Å². The van der Waals surface area contributed by atoms with E-state index in [4.69, 9.17) is 4.42 Å². The molecule has 0 saturated carbocycles. The molecule has 96 valence electrons. The second-order valence-electron chi connectivity index (χ2n) is 4.30. The molecule has 2 rings (SSSR count). The maximum atomic E-state index is 9.87. The number of phenols is 1. The van der Waals surface area contributed by atoms with E-state index in [1.54, 1.807) is 0 Å². The van der Waals surface area contributed by atoms with E-state index in [9.17, 15) is 5.11 Å². The van der Waals surface area contributed by atoms with Crippen molar-refractivity contribution < 1.29 is 9.52 Å². The van der Waals surface area contributed by atoms with Gasteiger partial charge >= 0.3 is 0 Å². The van der Waals surface area contributed by atoms with Crippen molar-refractivity contribution in [1.82, 2.24) is 5.32 Å². The number of aromatic hydroxyl groups is 1. The van der Waals surface area contributed by atoms with Gasteiger partial charge in [-0.2, -0.15) is 0 Å². The second-order valence-corrected chi connectivity index (χ2v) is 5.15. The van der Waals surface area contributed by atoms with Gasteiger partial charge in [0, 0.05) is 12.1 Å². The molecule has 2 N–H and O–H groups in total. The van der Waals surface area contributed by atoms with Crippen molar-refractivity contribution in [1.29, 1.82) is 0 Å². The van der Waals surface area contributed by atoms with Crippen LogP contribution >= 0.6 is 15.9 Å². The SMILES string of the molecule is Cc1ccc(C(C)NCc2cccc(Br)c2O)o1. The van der Waals surface area contributed by atoms with Crippen LogP contribution in [0.15, 0.2) is 39.2 Å². The van der Waals surface area contributed by atoms with Gasteiger partial charge in [0.1, 0.15) is 17.3 Å². The number of phenolic OH excluding ortho intramolecular Hbond substituents is 1. The van der Waals surface area contributed by atoms with Crippen LogP contribution in [0.1, 0.15) is 30.0 Å². The lowest BCUT2D eigenvalue weighted by Gasteiger charge is -2.12. The number of nitrogens with one attached hydrogen (secondary N) is 1. The molecule has 0 fully saturated rings. The Morgan fingerprint density at radius 1 is 1.33 bits per heavy atom. The van der Waals surface area contributed by atoms with Crippen LogP contribution in [0.3, 0.4) is 0 Å². The van der Waals surface area contributed by atoms with Gasteiger partial charge in [0.25, 0.3) is 0 Å². The molecule has 0 saturated heterocycles. The van der Waals surface area contributed by atoms with Crippen LogP contribution in [0.2, 0.25) is 0 Å². The Hall–Kier alpha value is -1.26. The van der Waals surface area contributed by atoms with Crippen molar-refractivity contribution in [3.05, 3.63) is 51.9 Å². The summed E-state index contributed by atoms with van der Waals surface area (Å²) in [6.07, 6.45) is 0. The molecule has 0 radical (unpaired) electrons. The summed E-state index contributed by atoms with van der Waals surface area (Å²) < 4.78 is 6.26. The summed E-state index contributed by atoms with van der Waals surface area (Å²) in [7, 11) is 0. The Kier molecular flexibility index (Phi) is 4.09. The summed E-state index contributed by atoms with van der Waals surface area (Å²) in [5.41, 5.74) is 0.861. The molecule has 3 nitrogen and oxygen atoms in total. The van der Waals surface area contributed by atoms with E-state index in [0.29, 0.717) is 11.0 Å². The molecular weight excluding hydrogens is 294 g/mol. The quantitative estimate of drug-likeness (QED) is 0.900. The molecule has 1 unspecified atom stereocenters. The summed E-state index contributed by atoms with van der Waals surface area (Å²) in [6.45, 7) is 4.55. The Bertz CT molecular complexity index is 536. The molecule has 1 heterocycles. The zero-order valence-electron chi connectivity index (χ0n) is 10.4. The van der Waals surface area contributed by atoms with Gasteiger partial charge in [0.2, 0.25) is 0 Å². The molecule has 0 spiro atoms. The zero-order chi connectivity index (χ0) is 13.1. The summed E-state index contributed by atoms with van der Waals surface area (Å²) in [4.78, 5) is 0. The molecule has 1 aromatic carbocycles. The van der Waals surface area contributed by atoms with E-state index in [1.165, 1.54) is 0 Å². The number of benzene rings is 1. The van der Waals surface area contributed by atoms with E-state index >= 15 is 0 Å². The van der Waals surface area contributed by atoms with E-state index in [2.05, 4.69) is 21.2 Å². The predicted molar refractivity (Wildman–Crippen MR) is 74.5 cm³/mol. The highest BCUT2D eigenvalue weighted by Crippen LogP contribution is 2.27. The van der Waals surface area contributed by atoms with Crippen molar-refractivity contribution in [2.75, 3.05) is 0 Å². The van der Waals surface area contributed by atoms with Gasteiger partial charge in [-0.15, -0.1) is 0 Å². The minimum absolute atomic E-state index is 0.108. The van der Waals surface area contributed by atoms with Crippen LogP contribution in [0.5, 0.6) is 5.75 Å². The summed E-state index contributed by atoms with van der Waals surface area (Å²) in [5, 5.41) is 13.2. The highest BCUT2D eigenvalue weighted by molar-refractivity contribution is 9.10. The largest absolute Gasteiger partial charge is 0.506 e. The van der Waals surface area contributed by atoms with Gasteiger partial charge < -0.3 is 14.8 Å². The minimum Gasteiger partial charge on any atom is -0.506 e. The third kappa shape index (κ3) is 2.94. The summed E-state index contributed by atoms with van der Waals surface area (Å²) in [5.74, 6) is 2.10. The minimum atomic E-state index is 0.108. The average Bonchev–Trinajstić information content (AvgIpc) is 2.77. The molecule has 2 aromatic rings. The fourth-order valence-corrected chi connectivity index (χ4v) is 2.16. The highest BCUT2D eigenvalue weighted by atomic mass is 79.9. The molecule has 1 atom stereocenters. The number of hydrogen-bond acceptors (Lipinski definition) is 3. The Balaban J connectivity index is 2.01. The number of rotatable bonds is 4. The Morgan fingerprint density at radius 2 is 2.11 bits per heavy atom. The van der Waals surface area contributed by atoms with Crippen LogP contribution in [0.25, 0.3) is 0 Å². The Morgan fingerprint density at radius 3 is 2.78 bits per heavy atom. The fraction of sp³-hybridized carbons (Fsp3) is 0.286. The maximum absolute atomic E-state index is 9.87. The van der Waals surface area contributed by atoms with Crippen molar-refractivity contribution in [3.63, 3.8) is 0 Å². The van der Waals surface area contributed by atoms with E-state index in [-0.39, 0.29) is 11.8 Å². The summed E-state index contributed by atoms with van der Waals surface area (Å²) >= 11 is 3.31. The third-order valence-electron chi connectivity index (χ3n) is 2.86. The smallest absolute Gasteiger partial charge is 0.134 e. The first kappa shape index (κ1) is 13.2. The number of furan rings is 1. The monoisotopic (exact) mass is 309 g/mol. The van der Waals surface area contributed by atoms with Gasteiger partial charge in [-0.3, -0.25) is 0 Å². The Labute approximate surface area is 115 Å². The first-order valence-corrected chi connectivity index (χ1v) is 6.63. The van der Waals surface area contributed by atoms with Crippen molar-refractivity contribution in [2.24, 2.45) is 0 Å². The van der Waals surface area contributed by atoms with Crippen LogP contribution in [0.4, 0.5) is 0 Å². The molecule has 0 aliphatic rings. The van der Waals surface area contributed by atoms with Crippen LogP contribution in [-0.2, 0) is 6.54 Å². The molecule has 18 heavy (non-hydrogen) atoms. The molecule has 0 bridgehead atoms. The lowest BCUT2D eigenvalue weighted by atomic mass is 10.2. The zero-order valence-corrected chi connectivity index (χ0v) is 12.0. The highest BCUT2D eigenvalue weighted by Gasteiger charge is 2.10. The normalized spacial score (nSPS) is 12.6. The molecule has 0 aliphatic carbocycles. The number of halogens is 1. The first-order chi connectivity index (χ1) is 8.58. The molecular formula is C14H16BrNO2. The van der Waals surface area contributed by atoms with E-state index in [0.717, 1.165) is 17.1 Å². The topological polar surface area (TPSA) is 45.4 Å². The summed E-state index contributed by atoms with van der Waals surface area (Å²) in [6, 6.07) is 9.64. The van der Waals surface area contributed by atoms with E-state index in [1.807, 2.05) is 44.2 Å². The second kappa shape index (κ2) is 5.59. The molecule has 1 aromatic heterocycles. The van der Waals surface area contributed by atoms with Crippen LogP contribution in [-0.4, -0.2) is 5.11 Å². The number of aryl methyl sites for hydroxylation is 1.